The molecule has 9 nitrogen and oxygen atoms in total. The van der Waals surface area contributed by atoms with Crippen LogP contribution >= 0.6 is 23.2 Å². The first-order valence-corrected chi connectivity index (χ1v) is 15.4. The number of anilines is 2. The first-order chi connectivity index (χ1) is 20.8. The van der Waals surface area contributed by atoms with Crippen molar-refractivity contribution in [3.63, 3.8) is 0 Å². The van der Waals surface area contributed by atoms with Crippen molar-refractivity contribution >= 4 is 57.4 Å². The fraction of sp³-hybridized carbons (Fsp3) is 0.344. The van der Waals surface area contributed by atoms with E-state index in [-0.39, 0.29) is 30.5 Å². The van der Waals surface area contributed by atoms with Gasteiger partial charge in [-0.25, -0.2) is 4.98 Å². The minimum Gasteiger partial charge on any atom is -0.393 e. The van der Waals surface area contributed by atoms with Gasteiger partial charge >= 0.3 is 0 Å². The van der Waals surface area contributed by atoms with Crippen LogP contribution in [0.4, 0.5) is 11.4 Å². The standard InChI is InChI=1S/C32H34Cl2N6O3/c33-22-14-23(34)16-25(15-22)36-18-29(42)40-11-1-2-24(19-40)38-30-27-7-10-35-31(27)37-17-28(30)20-3-5-21(6-4-20)32(43)39-12-8-26(41)9-13-39/h3-7,10,14-17,24,26,36,41H,1-2,8-9,11-13,18-19H2,(H2,35,37,38)/t24-/m1/s1. The van der Waals surface area contributed by atoms with E-state index in [4.69, 9.17) is 23.2 Å². The maximum atomic E-state index is 13.1. The molecule has 4 heterocycles. The Morgan fingerprint density at radius 1 is 0.977 bits per heavy atom. The number of carbonyl (C=O) groups is 2. The minimum absolute atomic E-state index is 0.00723. The third-order valence-corrected chi connectivity index (χ3v) is 8.65. The largest absolute Gasteiger partial charge is 0.393 e. The molecule has 0 saturated carbocycles. The maximum Gasteiger partial charge on any atom is 0.253 e. The van der Waals surface area contributed by atoms with E-state index in [1.165, 1.54) is 0 Å². The van der Waals surface area contributed by atoms with Gasteiger partial charge in [-0.1, -0.05) is 35.3 Å². The summed E-state index contributed by atoms with van der Waals surface area (Å²) in [5.74, 6) is -0.0104. The zero-order chi connectivity index (χ0) is 29.9. The molecule has 2 aliphatic heterocycles. The number of nitrogens with zero attached hydrogens (tertiary/aromatic N) is 3. The number of benzene rings is 2. The molecule has 2 fully saturated rings. The molecule has 2 aliphatic rings. The molecule has 11 heteroatoms. The molecule has 0 unspecified atom stereocenters. The number of aliphatic hydroxyl groups excluding tert-OH is 1. The van der Waals surface area contributed by atoms with Crippen LogP contribution in [0.25, 0.3) is 22.2 Å². The van der Waals surface area contributed by atoms with Gasteiger partial charge in [0.15, 0.2) is 0 Å². The molecule has 2 saturated heterocycles. The molecule has 6 rings (SSSR count). The molecule has 0 radical (unpaired) electrons. The lowest BCUT2D eigenvalue weighted by molar-refractivity contribution is -0.130. The van der Waals surface area contributed by atoms with Gasteiger partial charge in [0.25, 0.3) is 5.91 Å². The monoisotopic (exact) mass is 620 g/mol. The van der Waals surface area contributed by atoms with Crippen LogP contribution in [0.1, 0.15) is 36.0 Å². The summed E-state index contributed by atoms with van der Waals surface area (Å²) >= 11 is 12.2. The highest BCUT2D eigenvalue weighted by molar-refractivity contribution is 6.35. The number of H-pyrrole nitrogens is 1. The summed E-state index contributed by atoms with van der Waals surface area (Å²) in [6.07, 6.45) is 6.41. The van der Waals surface area contributed by atoms with Crippen LogP contribution in [-0.4, -0.2) is 81.6 Å². The number of nitrogens with one attached hydrogen (secondary N) is 3. The summed E-state index contributed by atoms with van der Waals surface area (Å²) < 4.78 is 0. The Morgan fingerprint density at radius 3 is 2.47 bits per heavy atom. The smallest absolute Gasteiger partial charge is 0.253 e. The number of halogens is 2. The summed E-state index contributed by atoms with van der Waals surface area (Å²) in [4.78, 5) is 37.7. The number of fused-ring (bicyclic) bond motifs is 1. The van der Waals surface area contributed by atoms with Crippen LogP contribution < -0.4 is 10.6 Å². The third kappa shape index (κ3) is 6.74. The van der Waals surface area contributed by atoms with E-state index >= 15 is 0 Å². The lowest BCUT2D eigenvalue weighted by atomic mass is 9.99. The first kappa shape index (κ1) is 29.3. The molecule has 1 atom stereocenters. The van der Waals surface area contributed by atoms with Crippen molar-refractivity contribution in [1.29, 1.82) is 0 Å². The molecule has 2 amide bonds. The molecule has 2 aromatic carbocycles. The zero-order valence-corrected chi connectivity index (χ0v) is 25.2. The van der Waals surface area contributed by atoms with Crippen LogP contribution in [0.3, 0.4) is 0 Å². The van der Waals surface area contributed by atoms with Gasteiger partial charge in [-0.15, -0.1) is 0 Å². The lowest BCUT2D eigenvalue weighted by Crippen LogP contribution is -2.47. The second-order valence-corrected chi connectivity index (χ2v) is 12.1. The molecule has 224 valence electrons. The summed E-state index contributed by atoms with van der Waals surface area (Å²) in [6, 6.07) is 14.8. The van der Waals surface area contributed by atoms with Crippen molar-refractivity contribution in [2.45, 2.75) is 37.8 Å². The van der Waals surface area contributed by atoms with Crippen LogP contribution in [0.15, 0.2) is 60.9 Å². The minimum atomic E-state index is -0.326. The second kappa shape index (κ2) is 12.8. The highest BCUT2D eigenvalue weighted by Crippen LogP contribution is 2.35. The number of likely N-dealkylation sites (tertiary alicyclic amines) is 2. The van der Waals surface area contributed by atoms with Gasteiger partial charge in [-0.05, 0) is 67.6 Å². The van der Waals surface area contributed by atoms with Crippen LogP contribution in [0, 0.1) is 0 Å². The highest BCUT2D eigenvalue weighted by atomic mass is 35.5. The van der Waals surface area contributed by atoms with E-state index in [2.05, 4.69) is 20.6 Å². The molecule has 2 aromatic heterocycles. The normalized spacial score (nSPS) is 17.7. The van der Waals surface area contributed by atoms with Gasteiger partial charge in [0.2, 0.25) is 5.91 Å². The fourth-order valence-electron chi connectivity index (χ4n) is 5.90. The second-order valence-electron chi connectivity index (χ2n) is 11.2. The van der Waals surface area contributed by atoms with Gasteiger partial charge in [-0.3, -0.25) is 9.59 Å². The number of piperidine rings is 2. The summed E-state index contributed by atoms with van der Waals surface area (Å²) in [5.41, 5.74) is 4.92. The van der Waals surface area contributed by atoms with Crippen molar-refractivity contribution in [1.82, 2.24) is 19.8 Å². The molecule has 43 heavy (non-hydrogen) atoms. The first-order valence-electron chi connectivity index (χ1n) is 14.6. The Morgan fingerprint density at radius 2 is 1.72 bits per heavy atom. The number of carbonyl (C=O) groups excluding carboxylic acids is 2. The van der Waals surface area contributed by atoms with Gasteiger partial charge in [0, 0.05) is 76.9 Å². The Labute approximate surface area is 260 Å². The maximum absolute atomic E-state index is 13.1. The van der Waals surface area contributed by atoms with Crippen molar-refractivity contribution < 1.29 is 14.7 Å². The Kier molecular flexibility index (Phi) is 8.74. The zero-order valence-electron chi connectivity index (χ0n) is 23.7. The van der Waals surface area contributed by atoms with Crippen molar-refractivity contribution in [2.24, 2.45) is 0 Å². The average molecular weight is 622 g/mol. The Bertz CT molecular complexity index is 1600. The van der Waals surface area contributed by atoms with E-state index in [1.807, 2.05) is 47.6 Å². The molecule has 0 spiro atoms. The predicted octanol–water partition coefficient (Wildman–Crippen LogP) is 5.65. The SMILES string of the molecule is O=C(CNc1cc(Cl)cc(Cl)c1)N1CCC[C@@H](Nc2c(-c3ccc(C(=O)N4CCC(O)CC4)cc3)cnc3[nH]ccc23)C1. The van der Waals surface area contributed by atoms with E-state index in [0.29, 0.717) is 60.3 Å². The van der Waals surface area contributed by atoms with E-state index in [1.54, 1.807) is 23.1 Å². The number of pyridine rings is 1. The third-order valence-electron chi connectivity index (χ3n) is 8.21. The fourth-order valence-corrected chi connectivity index (χ4v) is 6.42. The van der Waals surface area contributed by atoms with Crippen LogP contribution in [-0.2, 0) is 4.79 Å². The lowest BCUT2D eigenvalue weighted by Gasteiger charge is -2.34. The average Bonchev–Trinajstić information content (AvgIpc) is 3.50. The summed E-state index contributed by atoms with van der Waals surface area (Å²) in [7, 11) is 0. The van der Waals surface area contributed by atoms with Crippen molar-refractivity contribution in [3.8, 4) is 11.1 Å². The van der Waals surface area contributed by atoms with Gasteiger partial charge in [0.05, 0.1) is 18.3 Å². The number of rotatable bonds is 7. The number of aromatic nitrogens is 2. The molecule has 4 N–H and O–H groups in total. The summed E-state index contributed by atoms with van der Waals surface area (Å²) in [6.45, 7) is 2.55. The highest BCUT2D eigenvalue weighted by Gasteiger charge is 2.26. The summed E-state index contributed by atoms with van der Waals surface area (Å²) in [5, 5.41) is 18.7. The van der Waals surface area contributed by atoms with Gasteiger partial charge in [0.1, 0.15) is 5.65 Å². The van der Waals surface area contributed by atoms with Gasteiger partial charge in [-0.2, -0.15) is 0 Å². The van der Waals surface area contributed by atoms with Crippen LogP contribution in [0.5, 0.6) is 0 Å². The van der Waals surface area contributed by atoms with E-state index in [0.717, 1.165) is 40.7 Å². The predicted molar refractivity (Wildman–Crippen MR) is 171 cm³/mol. The number of hydrogen-bond donors (Lipinski definition) is 4. The van der Waals surface area contributed by atoms with E-state index < -0.39 is 0 Å². The van der Waals surface area contributed by atoms with Crippen LogP contribution in [0.2, 0.25) is 10.0 Å². The van der Waals surface area contributed by atoms with Crippen molar-refractivity contribution in [3.05, 3.63) is 76.5 Å². The van der Waals surface area contributed by atoms with E-state index in [9.17, 15) is 14.7 Å². The molecule has 4 aromatic rings. The molecular formula is C32H34Cl2N6O3. The molecular weight excluding hydrogens is 587 g/mol. The molecule has 0 bridgehead atoms. The molecule has 0 aliphatic carbocycles. The van der Waals surface area contributed by atoms with Gasteiger partial charge < -0.3 is 30.5 Å². The Hall–Kier alpha value is -3.79. The number of hydrogen-bond acceptors (Lipinski definition) is 6. The number of amides is 2. The quantitative estimate of drug-likeness (QED) is 0.212. The topological polar surface area (TPSA) is 114 Å². The number of aromatic amines is 1. The Balaban J connectivity index is 1.17. The van der Waals surface area contributed by atoms with Crippen molar-refractivity contribution in [2.75, 3.05) is 43.4 Å². The number of aliphatic hydroxyl groups is 1.